The van der Waals surface area contributed by atoms with Crippen molar-refractivity contribution >= 4 is 15.9 Å². The lowest BCUT2D eigenvalue weighted by Gasteiger charge is -2.56. The molecular weight excluding hydrogens is 348 g/mol. The van der Waals surface area contributed by atoms with Gasteiger partial charge in [-0.15, -0.1) is 0 Å². The number of piperidine rings is 1. The molecule has 6 heteroatoms. The van der Waals surface area contributed by atoms with Crippen molar-refractivity contribution in [2.24, 2.45) is 23.2 Å². The minimum absolute atomic E-state index is 0.0981. The zero-order valence-corrected chi connectivity index (χ0v) is 16.9. The Morgan fingerprint density at radius 1 is 1.04 bits per heavy atom. The average Bonchev–Trinajstić information content (AvgIpc) is 2.59. The molecule has 0 unspecified atom stereocenters. The van der Waals surface area contributed by atoms with Crippen molar-refractivity contribution in [3.63, 3.8) is 0 Å². The summed E-state index contributed by atoms with van der Waals surface area (Å²) in [7, 11) is -3.11. The van der Waals surface area contributed by atoms with Crippen molar-refractivity contribution in [3.8, 4) is 0 Å². The maximum Gasteiger partial charge on any atom is 0.226 e. The van der Waals surface area contributed by atoms with Gasteiger partial charge in [-0.05, 0) is 75.5 Å². The second-order valence-electron chi connectivity index (χ2n) is 9.51. The van der Waals surface area contributed by atoms with Crippen LogP contribution in [0.5, 0.6) is 0 Å². The third-order valence-corrected chi connectivity index (χ3v) is 9.41. The first-order chi connectivity index (χ1) is 12.4. The lowest BCUT2D eigenvalue weighted by molar-refractivity contribution is -0.147. The van der Waals surface area contributed by atoms with E-state index in [9.17, 15) is 13.2 Å². The predicted molar refractivity (Wildman–Crippen MR) is 102 cm³/mol. The van der Waals surface area contributed by atoms with Crippen molar-refractivity contribution in [2.75, 3.05) is 18.8 Å². The van der Waals surface area contributed by atoms with E-state index in [-0.39, 0.29) is 23.1 Å². The average molecular weight is 383 g/mol. The molecule has 1 saturated heterocycles. The zero-order valence-electron chi connectivity index (χ0n) is 16.1. The Morgan fingerprint density at radius 2 is 1.58 bits per heavy atom. The van der Waals surface area contributed by atoms with Gasteiger partial charge < -0.3 is 5.32 Å². The van der Waals surface area contributed by atoms with Crippen molar-refractivity contribution in [2.45, 2.75) is 77.2 Å². The fourth-order valence-corrected chi connectivity index (χ4v) is 8.14. The summed E-state index contributed by atoms with van der Waals surface area (Å²) in [5.74, 6) is 2.87. The second kappa shape index (κ2) is 7.08. The molecular formula is C20H34N2O3S. The molecule has 5 nitrogen and oxygen atoms in total. The van der Waals surface area contributed by atoms with Gasteiger partial charge in [0.1, 0.15) is 0 Å². The van der Waals surface area contributed by atoms with Crippen LogP contribution in [0.1, 0.15) is 71.1 Å². The van der Waals surface area contributed by atoms with Crippen molar-refractivity contribution in [1.29, 1.82) is 0 Å². The third kappa shape index (κ3) is 3.56. The van der Waals surface area contributed by atoms with E-state index in [4.69, 9.17) is 0 Å². The molecule has 0 radical (unpaired) electrons. The number of nitrogens with zero attached hydrogens (tertiary/aromatic N) is 1. The maximum absolute atomic E-state index is 13.1. The van der Waals surface area contributed by atoms with Crippen molar-refractivity contribution < 1.29 is 13.2 Å². The smallest absolute Gasteiger partial charge is 0.226 e. The van der Waals surface area contributed by atoms with E-state index in [1.807, 2.05) is 6.92 Å². The van der Waals surface area contributed by atoms with E-state index < -0.39 is 10.0 Å². The van der Waals surface area contributed by atoms with Crippen LogP contribution in [-0.4, -0.2) is 43.5 Å². The quantitative estimate of drug-likeness (QED) is 0.768. The van der Waals surface area contributed by atoms with Gasteiger partial charge in [-0.3, -0.25) is 4.79 Å². The van der Waals surface area contributed by atoms with E-state index >= 15 is 0 Å². The molecule has 5 aliphatic rings. The van der Waals surface area contributed by atoms with Gasteiger partial charge in [0.2, 0.25) is 15.9 Å². The first-order valence-corrected chi connectivity index (χ1v) is 12.3. The standard InChI is InChI=1S/C20H34N2O3S/c1-2-3-8-26(24,25)22-6-4-18(5-7-22)21-19(23)20-12-15-9-16(13-20)11-17(10-15)14-20/h15-18H,2-14H2,1H3,(H,21,23). The van der Waals surface area contributed by atoms with Crippen molar-refractivity contribution in [3.05, 3.63) is 0 Å². The van der Waals surface area contributed by atoms with Gasteiger partial charge in [0.05, 0.1) is 5.75 Å². The summed E-state index contributed by atoms with van der Waals surface area (Å²) in [4.78, 5) is 13.1. The van der Waals surface area contributed by atoms with Gasteiger partial charge in [-0.2, -0.15) is 0 Å². The van der Waals surface area contributed by atoms with Crippen LogP contribution in [0.25, 0.3) is 0 Å². The summed E-state index contributed by atoms with van der Waals surface area (Å²) < 4.78 is 26.3. The molecule has 26 heavy (non-hydrogen) atoms. The van der Waals surface area contributed by atoms with Crippen LogP contribution in [0.2, 0.25) is 0 Å². The Hall–Kier alpha value is -0.620. The highest BCUT2D eigenvalue weighted by Gasteiger charge is 2.54. The minimum Gasteiger partial charge on any atom is -0.353 e. The predicted octanol–water partition coefficient (Wildman–Crippen LogP) is 2.91. The molecule has 4 bridgehead atoms. The Labute approximate surface area is 158 Å². The van der Waals surface area contributed by atoms with Crippen LogP contribution < -0.4 is 5.32 Å². The van der Waals surface area contributed by atoms with Gasteiger partial charge in [0, 0.05) is 24.5 Å². The number of unbranched alkanes of at least 4 members (excludes halogenated alkanes) is 1. The molecule has 0 atom stereocenters. The fourth-order valence-electron chi connectivity index (χ4n) is 6.46. The summed E-state index contributed by atoms with van der Waals surface area (Å²) >= 11 is 0. The molecule has 148 valence electrons. The van der Waals surface area contributed by atoms with E-state index in [1.165, 1.54) is 19.3 Å². The maximum atomic E-state index is 13.1. The molecule has 1 N–H and O–H groups in total. The number of nitrogens with one attached hydrogen (secondary N) is 1. The molecule has 5 fully saturated rings. The van der Waals surface area contributed by atoms with Crippen LogP contribution in [0.4, 0.5) is 0 Å². The lowest BCUT2D eigenvalue weighted by Crippen LogP contribution is -2.56. The number of carbonyl (C=O) groups excluding carboxylic acids is 1. The first-order valence-electron chi connectivity index (χ1n) is 10.7. The number of carbonyl (C=O) groups is 1. The first kappa shape index (κ1) is 18.7. The molecule has 0 aromatic heterocycles. The second-order valence-corrected chi connectivity index (χ2v) is 11.6. The minimum atomic E-state index is -3.11. The van der Waals surface area contributed by atoms with E-state index in [1.54, 1.807) is 4.31 Å². The van der Waals surface area contributed by atoms with Crippen LogP contribution >= 0.6 is 0 Å². The normalized spacial score (nSPS) is 37.8. The van der Waals surface area contributed by atoms with Crippen LogP contribution in [0.15, 0.2) is 0 Å². The number of hydrogen-bond donors (Lipinski definition) is 1. The highest BCUT2D eigenvalue weighted by Crippen LogP contribution is 2.60. The highest BCUT2D eigenvalue weighted by atomic mass is 32.2. The summed E-state index contributed by atoms with van der Waals surface area (Å²) in [6, 6.07) is 0.146. The van der Waals surface area contributed by atoms with Crippen LogP contribution in [-0.2, 0) is 14.8 Å². The monoisotopic (exact) mass is 382 g/mol. The number of sulfonamides is 1. The molecule has 0 aromatic rings. The van der Waals surface area contributed by atoms with Crippen molar-refractivity contribution in [1.82, 2.24) is 9.62 Å². The number of hydrogen-bond acceptors (Lipinski definition) is 3. The molecule has 1 aliphatic heterocycles. The summed E-state index contributed by atoms with van der Waals surface area (Å²) in [5.41, 5.74) is -0.0981. The topological polar surface area (TPSA) is 66.5 Å². The van der Waals surface area contributed by atoms with E-state index in [0.29, 0.717) is 13.1 Å². The summed E-state index contributed by atoms with van der Waals surface area (Å²) in [5, 5.41) is 3.33. The SMILES string of the molecule is CCCCS(=O)(=O)N1CCC(NC(=O)C23CC4CC(CC(C4)C2)C3)CC1. The molecule has 1 amide bonds. The third-order valence-electron chi connectivity index (χ3n) is 7.46. The lowest BCUT2D eigenvalue weighted by atomic mass is 9.49. The van der Waals surface area contributed by atoms with Gasteiger partial charge in [-0.25, -0.2) is 12.7 Å². The molecule has 0 spiro atoms. The highest BCUT2D eigenvalue weighted by molar-refractivity contribution is 7.89. The number of amides is 1. The summed E-state index contributed by atoms with van der Waals surface area (Å²) in [6.07, 6.45) is 10.5. The molecule has 1 heterocycles. The fraction of sp³-hybridized carbons (Fsp3) is 0.950. The Kier molecular flexibility index (Phi) is 5.10. The molecule has 4 saturated carbocycles. The van der Waals surface area contributed by atoms with E-state index in [2.05, 4.69) is 5.32 Å². The molecule has 0 aromatic carbocycles. The molecule has 4 aliphatic carbocycles. The Bertz CT molecular complexity index is 602. The van der Waals surface area contributed by atoms with Gasteiger partial charge in [0.15, 0.2) is 0 Å². The van der Waals surface area contributed by atoms with Gasteiger partial charge in [0.25, 0.3) is 0 Å². The van der Waals surface area contributed by atoms with Gasteiger partial charge in [-0.1, -0.05) is 13.3 Å². The Morgan fingerprint density at radius 3 is 2.08 bits per heavy atom. The molecule has 5 rings (SSSR count). The Balaban J connectivity index is 1.31. The van der Waals surface area contributed by atoms with Crippen LogP contribution in [0.3, 0.4) is 0 Å². The zero-order chi connectivity index (χ0) is 18.4. The summed E-state index contributed by atoms with van der Waals surface area (Å²) in [6.45, 7) is 3.12. The van der Waals surface area contributed by atoms with Gasteiger partial charge >= 0.3 is 0 Å². The number of rotatable bonds is 6. The van der Waals surface area contributed by atoms with E-state index in [0.717, 1.165) is 62.7 Å². The van der Waals surface area contributed by atoms with Crippen LogP contribution in [0, 0.1) is 23.2 Å². The largest absolute Gasteiger partial charge is 0.353 e.